The molecule has 1 aromatic carbocycles. The van der Waals surface area contributed by atoms with E-state index in [0.29, 0.717) is 37.5 Å². The number of fused-ring (bicyclic) bond motifs is 2. The normalized spacial score (nSPS) is 16.9. The van der Waals surface area contributed by atoms with Crippen molar-refractivity contribution in [2.24, 2.45) is 0 Å². The van der Waals surface area contributed by atoms with E-state index in [1.54, 1.807) is 12.4 Å². The molecule has 4 heterocycles. The fourth-order valence-corrected chi connectivity index (χ4v) is 5.12. The zero-order valence-electron chi connectivity index (χ0n) is 19.1. The van der Waals surface area contributed by atoms with Crippen LogP contribution in [0, 0.1) is 0 Å². The first-order chi connectivity index (χ1) is 17.1. The second-order valence-corrected chi connectivity index (χ2v) is 9.63. The van der Waals surface area contributed by atoms with Gasteiger partial charge in [0.1, 0.15) is 6.04 Å². The van der Waals surface area contributed by atoms with Crippen molar-refractivity contribution in [3.8, 4) is 0 Å². The largest absolute Gasteiger partial charge is 0.361 e. The van der Waals surface area contributed by atoms with Gasteiger partial charge in [-0.05, 0) is 54.9 Å². The number of benzene rings is 1. The Hall–Kier alpha value is -3.65. The van der Waals surface area contributed by atoms with Crippen LogP contribution in [0.2, 0.25) is 5.15 Å². The summed E-state index contributed by atoms with van der Waals surface area (Å²) in [5, 5.41) is 7.35. The first-order valence-electron chi connectivity index (χ1n) is 11.9. The molecular formula is C26H25ClN6O2. The lowest BCUT2D eigenvalue weighted by atomic mass is 10.1. The van der Waals surface area contributed by atoms with Crippen molar-refractivity contribution in [2.75, 3.05) is 5.32 Å². The van der Waals surface area contributed by atoms with E-state index in [1.165, 1.54) is 23.0 Å². The molecule has 1 amide bonds. The molecule has 3 N–H and O–H groups in total. The zero-order chi connectivity index (χ0) is 23.9. The van der Waals surface area contributed by atoms with Crippen molar-refractivity contribution in [3.05, 3.63) is 86.8 Å². The van der Waals surface area contributed by atoms with E-state index in [2.05, 4.69) is 37.7 Å². The lowest BCUT2D eigenvalue weighted by Gasteiger charge is -2.16. The van der Waals surface area contributed by atoms with Gasteiger partial charge >= 0.3 is 0 Å². The average molecular weight is 489 g/mol. The average Bonchev–Trinajstić information content (AvgIpc) is 3.48. The number of rotatable bonds is 7. The van der Waals surface area contributed by atoms with Crippen LogP contribution in [0.5, 0.6) is 0 Å². The van der Waals surface area contributed by atoms with Crippen LogP contribution in [0.4, 0.5) is 5.82 Å². The number of anilines is 1. The molecule has 9 heteroatoms. The standard InChI is InChI=1S/C26H25ClN6O2/c27-23-21-6-7-22(25(34)30-14-19-11-18-13-28-9-8-20(18)31-19)33(21)26(35)24(32-23)29-12-15-2-1-3-17(10-15)16-4-5-16/h1-3,8-11,13,16,22,31H,4-7,12,14H2,(H,29,32)(H,30,34)/t22-/m0/s1. The number of nitrogens with zero attached hydrogens (tertiary/aromatic N) is 3. The molecule has 6 rings (SSSR count). The summed E-state index contributed by atoms with van der Waals surface area (Å²) in [6, 6.07) is 11.6. The Bertz CT molecular complexity index is 1460. The molecule has 178 valence electrons. The van der Waals surface area contributed by atoms with Crippen LogP contribution in [-0.2, 0) is 24.3 Å². The molecule has 1 atom stereocenters. The molecule has 3 aromatic heterocycles. The van der Waals surface area contributed by atoms with Gasteiger partial charge < -0.3 is 15.6 Å². The molecule has 1 aliphatic heterocycles. The number of hydrogen-bond acceptors (Lipinski definition) is 5. The van der Waals surface area contributed by atoms with Gasteiger partial charge in [0.2, 0.25) is 5.91 Å². The first-order valence-corrected chi connectivity index (χ1v) is 12.3. The molecule has 1 saturated carbocycles. The number of pyridine rings is 1. The number of carbonyl (C=O) groups excluding carboxylic acids is 1. The molecule has 2 aliphatic rings. The second kappa shape index (κ2) is 8.85. The van der Waals surface area contributed by atoms with Gasteiger partial charge in [0.15, 0.2) is 11.0 Å². The maximum atomic E-state index is 13.3. The van der Waals surface area contributed by atoms with E-state index in [0.717, 1.165) is 22.2 Å². The number of aromatic amines is 1. The highest BCUT2D eigenvalue weighted by atomic mass is 35.5. The number of hydrogen-bond donors (Lipinski definition) is 3. The van der Waals surface area contributed by atoms with E-state index in [-0.39, 0.29) is 22.4 Å². The van der Waals surface area contributed by atoms with Crippen molar-refractivity contribution in [2.45, 2.75) is 50.7 Å². The number of amides is 1. The van der Waals surface area contributed by atoms with Gasteiger partial charge in [0.25, 0.3) is 5.56 Å². The van der Waals surface area contributed by atoms with Crippen LogP contribution in [0.25, 0.3) is 10.9 Å². The maximum Gasteiger partial charge on any atom is 0.294 e. The molecule has 0 spiro atoms. The van der Waals surface area contributed by atoms with Gasteiger partial charge in [-0.3, -0.25) is 19.1 Å². The molecule has 0 unspecified atom stereocenters. The van der Waals surface area contributed by atoms with Gasteiger partial charge in [-0.25, -0.2) is 4.98 Å². The van der Waals surface area contributed by atoms with E-state index >= 15 is 0 Å². The fraction of sp³-hybridized carbons (Fsp3) is 0.308. The van der Waals surface area contributed by atoms with E-state index < -0.39 is 6.04 Å². The SMILES string of the molecule is O=C(NCc1cc2cnccc2[nH]1)[C@@H]1CCc2c(Cl)nc(NCc3cccc(C4CC4)c3)c(=O)n21. The van der Waals surface area contributed by atoms with Crippen molar-refractivity contribution >= 4 is 34.2 Å². The van der Waals surface area contributed by atoms with Crippen LogP contribution in [-0.4, -0.2) is 25.4 Å². The molecule has 0 bridgehead atoms. The minimum Gasteiger partial charge on any atom is -0.361 e. The van der Waals surface area contributed by atoms with Crippen LogP contribution in [0.15, 0.2) is 53.6 Å². The Kier molecular flexibility index (Phi) is 5.53. The minimum absolute atomic E-state index is 0.165. The highest BCUT2D eigenvalue weighted by Gasteiger charge is 2.32. The summed E-state index contributed by atoms with van der Waals surface area (Å²) in [4.78, 5) is 38.1. The molecule has 1 aliphatic carbocycles. The Labute approximate surface area is 206 Å². The summed E-state index contributed by atoms with van der Waals surface area (Å²) in [5.41, 5.74) is 4.54. The Morgan fingerprint density at radius 3 is 2.89 bits per heavy atom. The second-order valence-electron chi connectivity index (χ2n) is 9.28. The van der Waals surface area contributed by atoms with Crippen LogP contribution >= 0.6 is 11.6 Å². The first kappa shape index (κ1) is 21.9. The maximum absolute atomic E-state index is 13.3. The zero-order valence-corrected chi connectivity index (χ0v) is 19.8. The van der Waals surface area contributed by atoms with Crippen molar-refractivity contribution in [3.63, 3.8) is 0 Å². The highest BCUT2D eigenvalue weighted by molar-refractivity contribution is 6.30. The minimum atomic E-state index is -0.622. The van der Waals surface area contributed by atoms with Crippen molar-refractivity contribution in [1.82, 2.24) is 24.8 Å². The Balaban J connectivity index is 1.18. The molecule has 0 radical (unpaired) electrons. The van der Waals surface area contributed by atoms with E-state index in [9.17, 15) is 9.59 Å². The molecule has 4 aromatic rings. The van der Waals surface area contributed by atoms with Crippen molar-refractivity contribution in [1.29, 1.82) is 0 Å². The topological polar surface area (TPSA) is 105 Å². The quantitative estimate of drug-likeness (QED) is 0.364. The van der Waals surface area contributed by atoms with Gasteiger partial charge in [-0.2, -0.15) is 0 Å². The van der Waals surface area contributed by atoms with Gasteiger partial charge in [0, 0.05) is 35.5 Å². The number of halogens is 1. The molecule has 8 nitrogen and oxygen atoms in total. The number of carbonyl (C=O) groups is 1. The molecule has 0 saturated heterocycles. The third-order valence-corrected chi connectivity index (χ3v) is 7.12. The van der Waals surface area contributed by atoms with Gasteiger partial charge in [-0.1, -0.05) is 35.9 Å². The third kappa shape index (κ3) is 4.30. The van der Waals surface area contributed by atoms with Crippen LogP contribution in [0.3, 0.4) is 0 Å². The summed E-state index contributed by atoms with van der Waals surface area (Å²) in [7, 11) is 0. The summed E-state index contributed by atoms with van der Waals surface area (Å²) < 4.78 is 1.50. The number of aromatic nitrogens is 4. The highest BCUT2D eigenvalue weighted by Crippen LogP contribution is 2.40. The third-order valence-electron chi connectivity index (χ3n) is 6.82. The lowest BCUT2D eigenvalue weighted by molar-refractivity contribution is -0.124. The van der Waals surface area contributed by atoms with Gasteiger partial charge in [-0.15, -0.1) is 0 Å². The summed E-state index contributed by atoms with van der Waals surface area (Å²) in [5.74, 6) is 0.611. The number of H-pyrrole nitrogens is 1. The predicted molar refractivity (Wildman–Crippen MR) is 135 cm³/mol. The lowest BCUT2D eigenvalue weighted by Crippen LogP contribution is -2.36. The van der Waals surface area contributed by atoms with E-state index in [1.807, 2.05) is 24.3 Å². The fourth-order valence-electron chi connectivity index (χ4n) is 4.85. The monoisotopic (exact) mass is 488 g/mol. The predicted octanol–water partition coefficient (Wildman–Crippen LogP) is 4.07. The molecular weight excluding hydrogens is 464 g/mol. The molecule has 35 heavy (non-hydrogen) atoms. The van der Waals surface area contributed by atoms with Gasteiger partial charge in [0.05, 0.1) is 12.2 Å². The number of nitrogens with one attached hydrogen (secondary N) is 3. The smallest absolute Gasteiger partial charge is 0.294 e. The Morgan fingerprint density at radius 2 is 2.06 bits per heavy atom. The summed E-state index contributed by atoms with van der Waals surface area (Å²) >= 11 is 6.44. The van der Waals surface area contributed by atoms with Crippen LogP contribution in [0.1, 0.15) is 53.7 Å². The Morgan fingerprint density at radius 1 is 1.17 bits per heavy atom. The summed E-state index contributed by atoms with van der Waals surface area (Å²) in [6.45, 7) is 0.792. The van der Waals surface area contributed by atoms with Crippen LogP contribution < -0.4 is 16.2 Å². The summed E-state index contributed by atoms with van der Waals surface area (Å²) in [6.07, 6.45) is 7.00. The molecule has 1 fully saturated rings. The van der Waals surface area contributed by atoms with Crippen molar-refractivity contribution < 1.29 is 4.79 Å². The van der Waals surface area contributed by atoms with E-state index in [4.69, 9.17) is 11.6 Å².